The Balaban J connectivity index is 1.45. The van der Waals surface area contributed by atoms with E-state index in [0.29, 0.717) is 17.8 Å². The van der Waals surface area contributed by atoms with Crippen molar-refractivity contribution >= 4 is 23.4 Å². The summed E-state index contributed by atoms with van der Waals surface area (Å²) in [5, 5.41) is 8.36. The van der Waals surface area contributed by atoms with Gasteiger partial charge in [-0.3, -0.25) is 14.4 Å². The zero-order valence-electron chi connectivity index (χ0n) is 14.8. The Morgan fingerprint density at radius 2 is 2.04 bits per heavy atom. The van der Waals surface area contributed by atoms with Gasteiger partial charge in [0.2, 0.25) is 11.8 Å². The Morgan fingerprint density at radius 1 is 1.19 bits per heavy atom. The molecule has 1 aromatic carbocycles. The third-order valence-corrected chi connectivity index (χ3v) is 4.86. The molecule has 0 radical (unpaired) electrons. The molecule has 0 unspecified atom stereocenters. The number of carbonyl (C=O) groups excluding carboxylic acids is 3. The lowest BCUT2D eigenvalue weighted by atomic mass is 9.97. The Hall–Kier alpha value is -2.63. The van der Waals surface area contributed by atoms with Gasteiger partial charge in [-0.05, 0) is 50.7 Å². The van der Waals surface area contributed by atoms with Crippen molar-refractivity contribution in [3.63, 3.8) is 0 Å². The maximum atomic E-state index is 12.3. The average Bonchev–Trinajstić information content (AvgIpc) is 2.77. The van der Waals surface area contributed by atoms with Crippen LogP contribution in [0.4, 0.5) is 5.69 Å². The summed E-state index contributed by atoms with van der Waals surface area (Å²) in [4.78, 5) is 36.6. The van der Waals surface area contributed by atoms with E-state index in [1.165, 1.54) is 18.4 Å². The van der Waals surface area contributed by atoms with E-state index in [1.54, 1.807) is 24.3 Å². The predicted molar refractivity (Wildman–Crippen MR) is 99.7 cm³/mol. The summed E-state index contributed by atoms with van der Waals surface area (Å²) < 4.78 is 0. The second-order valence-electron chi connectivity index (χ2n) is 6.81. The van der Waals surface area contributed by atoms with Crippen LogP contribution in [0.2, 0.25) is 0 Å². The van der Waals surface area contributed by atoms with Crippen molar-refractivity contribution in [2.75, 3.05) is 11.9 Å². The number of fused-ring (bicyclic) bond motifs is 1. The van der Waals surface area contributed by atoms with Gasteiger partial charge in [-0.1, -0.05) is 23.8 Å². The topological polar surface area (TPSA) is 87.3 Å². The molecule has 0 spiro atoms. The number of hydrogen-bond donors (Lipinski definition) is 3. The van der Waals surface area contributed by atoms with E-state index >= 15 is 0 Å². The monoisotopic (exact) mass is 355 g/mol. The molecule has 6 nitrogen and oxygen atoms in total. The molecule has 138 valence electrons. The number of hydrogen-bond acceptors (Lipinski definition) is 3. The Morgan fingerprint density at radius 3 is 2.85 bits per heavy atom. The van der Waals surface area contributed by atoms with Crippen LogP contribution in [-0.4, -0.2) is 30.3 Å². The molecular weight excluding hydrogens is 330 g/mol. The lowest BCUT2D eigenvalue weighted by molar-refractivity contribution is -0.121. The number of anilines is 1. The van der Waals surface area contributed by atoms with Crippen LogP contribution in [0.1, 0.15) is 55.3 Å². The molecule has 1 aliphatic carbocycles. The zero-order chi connectivity index (χ0) is 18.4. The first-order chi connectivity index (χ1) is 12.6. The molecular formula is C20H25N3O3. The summed E-state index contributed by atoms with van der Waals surface area (Å²) in [6.45, 7) is 0.624. The van der Waals surface area contributed by atoms with Crippen molar-refractivity contribution in [1.29, 1.82) is 0 Å². The van der Waals surface area contributed by atoms with Crippen LogP contribution < -0.4 is 16.0 Å². The SMILES string of the molecule is O=C(CC[C@@H]1NC(=O)c2ccccc2NC1=O)NCCC1=CCCCC1. The van der Waals surface area contributed by atoms with Gasteiger partial charge in [-0.2, -0.15) is 0 Å². The number of nitrogens with one attached hydrogen (secondary N) is 3. The van der Waals surface area contributed by atoms with Gasteiger partial charge in [0.05, 0.1) is 11.3 Å². The normalized spacial score (nSPS) is 19.5. The first kappa shape index (κ1) is 18.2. The minimum absolute atomic E-state index is 0.0924. The van der Waals surface area contributed by atoms with E-state index in [4.69, 9.17) is 0 Å². The number of rotatable bonds is 6. The summed E-state index contributed by atoms with van der Waals surface area (Å²) in [6.07, 6.45) is 8.41. The van der Waals surface area contributed by atoms with Gasteiger partial charge >= 0.3 is 0 Å². The summed E-state index contributed by atoms with van der Waals surface area (Å²) in [5.41, 5.74) is 2.36. The second kappa shape index (κ2) is 8.65. The van der Waals surface area contributed by atoms with Crippen LogP contribution in [0, 0.1) is 0 Å². The zero-order valence-corrected chi connectivity index (χ0v) is 14.8. The van der Waals surface area contributed by atoms with Crippen molar-refractivity contribution in [3.05, 3.63) is 41.5 Å². The van der Waals surface area contributed by atoms with Gasteiger partial charge < -0.3 is 16.0 Å². The smallest absolute Gasteiger partial charge is 0.254 e. The maximum absolute atomic E-state index is 12.3. The van der Waals surface area contributed by atoms with Crippen molar-refractivity contribution in [2.24, 2.45) is 0 Å². The van der Waals surface area contributed by atoms with E-state index < -0.39 is 6.04 Å². The third kappa shape index (κ3) is 4.71. The molecule has 0 bridgehead atoms. The highest BCUT2D eigenvalue weighted by molar-refractivity contribution is 6.09. The standard InChI is InChI=1S/C20H25N3O3/c24-18(21-13-12-14-6-2-1-3-7-14)11-10-17-20(26)22-16-9-5-4-8-15(16)19(25)23-17/h4-6,8-9,17H,1-3,7,10-13H2,(H,21,24)(H,22,26)(H,23,25)/t17-/m0/s1. The van der Waals surface area contributed by atoms with Gasteiger partial charge in [-0.25, -0.2) is 0 Å². The minimum Gasteiger partial charge on any atom is -0.356 e. The quantitative estimate of drug-likeness (QED) is 0.685. The van der Waals surface area contributed by atoms with Crippen molar-refractivity contribution in [2.45, 2.75) is 51.0 Å². The number of benzene rings is 1. The van der Waals surface area contributed by atoms with Crippen LogP contribution in [0.3, 0.4) is 0 Å². The number of allylic oxidation sites excluding steroid dienone is 1. The van der Waals surface area contributed by atoms with E-state index in [-0.39, 0.29) is 30.6 Å². The third-order valence-electron chi connectivity index (χ3n) is 4.86. The van der Waals surface area contributed by atoms with E-state index in [9.17, 15) is 14.4 Å². The molecule has 1 aliphatic heterocycles. The molecule has 0 fully saturated rings. The molecule has 26 heavy (non-hydrogen) atoms. The van der Waals surface area contributed by atoms with Crippen LogP contribution in [0.25, 0.3) is 0 Å². The molecule has 1 aromatic rings. The van der Waals surface area contributed by atoms with Gasteiger partial charge in [0.15, 0.2) is 0 Å². The molecule has 3 rings (SSSR count). The molecule has 6 heteroatoms. The van der Waals surface area contributed by atoms with Crippen LogP contribution in [-0.2, 0) is 9.59 Å². The first-order valence-corrected chi connectivity index (χ1v) is 9.29. The average molecular weight is 355 g/mol. The fourth-order valence-electron chi connectivity index (χ4n) is 3.37. The van der Waals surface area contributed by atoms with Gasteiger partial charge in [0.25, 0.3) is 5.91 Å². The highest BCUT2D eigenvalue weighted by Crippen LogP contribution is 2.20. The largest absolute Gasteiger partial charge is 0.356 e. The van der Waals surface area contributed by atoms with E-state index in [2.05, 4.69) is 22.0 Å². The summed E-state index contributed by atoms with van der Waals surface area (Å²) in [6, 6.07) is 6.17. The molecule has 2 aliphatic rings. The summed E-state index contributed by atoms with van der Waals surface area (Å²) >= 11 is 0. The Bertz CT molecular complexity index is 727. The molecule has 1 heterocycles. The first-order valence-electron chi connectivity index (χ1n) is 9.29. The molecule has 0 aromatic heterocycles. The number of carbonyl (C=O) groups is 3. The van der Waals surface area contributed by atoms with E-state index in [1.807, 2.05) is 0 Å². The van der Waals surface area contributed by atoms with Gasteiger partial charge in [-0.15, -0.1) is 0 Å². The summed E-state index contributed by atoms with van der Waals surface area (Å²) in [5.74, 6) is -0.678. The van der Waals surface area contributed by atoms with Crippen molar-refractivity contribution in [3.8, 4) is 0 Å². The summed E-state index contributed by atoms with van der Waals surface area (Å²) in [7, 11) is 0. The molecule has 0 saturated carbocycles. The van der Waals surface area contributed by atoms with Crippen LogP contribution >= 0.6 is 0 Å². The minimum atomic E-state index is -0.707. The molecule has 3 N–H and O–H groups in total. The fraction of sp³-hybridized carbons (Fsp3) is 0.450. The lowest BCUT2D eigenvalue weighted by Gasteiger charge is -2.15. The van der Waals surface area contributed by atoms with Crippen molar-refractivity contribution in [1.82, 2.24) is 10.6 Å². The van der Waals surface area contributed by atoms with Gasteiger partial charge in [0.1, 0.15) is 6.04 Å². The van der Waals surface area contributed by atoms with E-state index in [0.717, 1.165) is 19.3 Å². The van der Waals surface area contributed by atoms with Crippen LogP contribution in [0.5, 0.6) is 0 Å². The second-order valence-corrected chi connectivity index (χ2v) is 6.81. The number of amides is 3. The highest BCUT2D eigenvalue weighted by Gasteiger charge is 2.27. The fourth-order valence-corrected chi connectivity index (χ4v) is 3.37. The Kier molecular flexibility index (Phi) is 6.04. The molecule has 3 amide bonds. The number of para-hydroxylation sites is 1. The van der Waals surface area contributed by atoms with Crippen molar-refractivity contribution < 1.29 is 14.4 Å². The predicted octanol–water partition coefficient (Wildman–Crippen LogP) is 2.52. The Labute approximate surface area is 153 Å². The van der Waals surface area contributed by atoms with Gasteiger partial charge in [0, 0.05) is 13.0 Å². The maximum Gasteiger partial charge on any atom is 0.254 e. The molecule has 1 atom stereocenters. The molecule has 0 saturated heterocycles. The highest BCUT2D eigenvalue weighted by atomic mass is 16.2. The lowest BCUT2D eigenvalue weighted by Crippen LogP contribution is -2.42. The van der Waals surface area contributed by atoms with Crippen LogP contribution in [0.15, 0.2) is 35.9 Å².